The summed E-state index contributed by atoms with van der Waals surface area (Å²) in [5.41, 5.74) is 6.75. The van der Waals surface area contributed by atoms with Gasteiger partial charge in [0.1, 0.15) is 0 Å². The van der Waals surface area contributed by atoms with Crippen LogP contribution in [0, 0.1) is 5.92 Å². The van der Waals surface area contributed by atoms with Gasteiger partial charge in [0.15, 0.2) is 0 Å². The van der Waals surface area contributed by atoms with Gasteiger partial charge in [-0.15, -0.1) is 0 Å². The number of nitrogens with two attached hydrogens (primary N) is 1. The zero-order valence-corrected chi connectivity index (χ0v) is 9.40. The number of aromatic amines is 1. The number of carbonyl (C=O) groups excluding carboxylic acids is 1. The second-order valence-corrected chi connectivity index (χ2v) is 4.07. The molecule has 1 atom stereocenters. The second kappa shape index (κ2) is 4.93. The Kier molecular flexibility index (Phi) is 3.85. The number of hydrogen-bond acceptors (Lipinski definition) is 3. The Hall–Kier alpha value is -1.36. The number of nitrogens with zero attached hydrogens (tertiary/aromatic N) is 2. The van der Waals surface area contributed by atoms with Gasteiger partial charge in [0.2, 0.25) is 5.91 Å². The van der Waals surface area contributed by atoms with Crippen LogP contribution in [0.1, 0.15) is 19.4 Å². The highest BCUT2D eigenvalue weighted by Gasteiger charge is 2.20. The summed E-state index contributed by atoms with van der Waals surface area (Å²) >= 11 is 0. The maximum atomic E-state index is 11.8. The Morgan fingerprint density at radius 1 is 1.67 bits per heavy atom. The quantitative estimate of drug-likeness (QED) is 0.753. The van der Waals surface area contributed by atoms with Crippen LogP contribution < -0.4 is 5.73 Å². The Balaban J connectivity index is 2.54. The van der Waals surface area contributed by atoms with Crippen molar-refractivity contribution in [2.75, 3.05) is 7.05 Å². The van der Waals surface area contributed by atoms with Crippen molar-refractivity contribution in [3.05, 3.63) is 18.0 Å². The van der Waals surface area contributed by atoms with Gasteiger partial charge < -0.3 is 10.6 Å². The Bertz CT molecular complexity index is 307. The Labute approximate surface area is 89.6 Å². The Morgan fingerprint density at radius 3 is 2.80 bits per heavy atom. The molecule has 1 aromatic heterocycles. The first-order valence-corrected chi connectivity index (χ1v) is 5.00. The lowest BCUT2D eigenvalue weighted by Crippen LogP contribution is -2.44. The fourth-order valence-electron chi connectivity index (χ4n) is 1.26. The molecule has 84 valence electrons. The number of likely N-dealkylation sites (N-methyl/N-ethyl adjacent to an activating group) is 1. The van der Waals surface area contributed by atoms with Crippen molar-refractivity contribution in [1.29, 1.82) is 0 Å². The molecule has 0 aliphatic heterocycles. The van der Waals surface area contributed by atoms with E-state index in [1.165, 1.54) is 0 Å². The summed E-state index contributed by atoms with van der Waals surface area (Å²) in [7, 11) is 1.75. The van der Waals surface area contributed by atoms with Crippen LogP contribution in [0.25, 0.3) is 0 Å². The first kappa shape index (κ1) is 11.7. The molecular formula is C10H18N4O. The maximum absolute atomic E-state index is 11.8. The first-order valence-electron chi connectivity index (χ1n) is 5.00. The zero-order valence-electron chi connectivity index (χ0n) is 9.40. The van der Waals surface area contributed by atoms with Crippen LogP contribution in [0.15, 0.2) is 12.4 Å². The predicted molar refractivity (Wildman–Crippen MR) is 57.9 cm³/mol. The van der Waals surface area contributed by atoms with Crippen molar-refractivity contribution in [2.24, 2.45) is 11.7 Å². The summed E-state index contributed by atoms with van der Waals surface area (Å²) in [4.78, 5) is 13.4. The van der Waals surface area contributed by atoms with Crippen LogP contribution in [0.3, 0.4) is 0 Å². The molecule has 0 fully saturated rings. The van der Waals surface area contributed by atoms with E-state index in [9.17, 15) is 4.79 Å². The third kappa shape index (κ3) is 3.06. The summed E-state index contributed by atoms with van der Waals surface area (Å²) in [6.45, 7) is 4.41. The van der Waals surface area contributed by atoms with Crippen molar-refractivity contribution < 1.29 is 4.79 Å². The van der Waals surface area contributed by atoms with Crippen LogP contribution in [0.5, 0.6) is 0 Å². The molecule has 5 nitrogen and oxygen atoms in total. The van der Waals surface area contributed by atoms with Gasteiger partial charge in [-0.3, -0.25) is 9.89 Å². The number of hydrogen-bond donors (Lipinski definition) is 2. The summed E-state index contributed by atoms with van der Waals surface area (Å²) in [5, 5.41) is 6.53. The number of nitrogens with one attached hydrogen (secondary N) is 1. The molecule has 5 heteroatoms. The summed E-state index contributed by atoms with van der Waals surface area (Å²) in [6, 6.07) is -0.429. The average Bonchev–Trinajstić information content (AvgIpc) is 2.67. The van der Waals surface area contributed by atoms with Crippen LogP contribution in [-0.2, 0) is 11.3 Å². The number of H-pyrrole nitrogens is 1. The van der Waals surface area contributed by atoms with Gasteiger partial charge >= 0.3 is 0 Å². The highest BCUT2D eigenvalue weighted by atomic mass is 16.2. The molecule has 1 amide bonds. The van der Waals surface area contributed by atoms with E-state index in [0.717, 1.165) is 5.56 Å². The molecule has 1 rings (SSSR count). The number of carbonyl (C=O) groups is 1. The molecule has 0 radical (unpaired) electrons. The molecule has 1 heterocycles. The maximum Gasteiger partial charge on any atom is 0.239 e. The lowest BCUT2D eigenvalue weighted by Gasteiger charge is -2.22. The van der Waals surface area contributed by atoms with E-state index in [2.05, 4.69) is 10.2 Å². The highest BCUT2D eigenvalue weighted by molar-refractivity contribution is 5.81. The molecule has 0 aliphatic carbocycles. The van der Waals surface area contributed by atoms with Crippen molar-refractivity contribution >= 4 is 5.91 Å². The minimum atomic E-state index is -0.429. The van der Waals surface area contributed by atoms with E-state index < -0.39 is 6.04 Å². The molecule has 0 spiro atoms. The van der Waals surface area contributed by atoms with Crippen molar-refractivity contribution in [3.63, 3.8) is 0 Å². The molecule has 0 aliphatic rings. The second-order valence-electron chi connectivity index (χ2n) is 4.07. The Morgan fingerprint density at radius 2 is 2.33 bits per heavy atom. The zero-order chi connectivity index (χ0) is 11.4. The molecule has 3 N–H and O–H groups in total. The number of amides is 1. The molecule has 15 heavy (non-hydrogen) atoms. The van der Waals surface area contributed by atoms with E-state index >= 15 is 0 Å². The molecule has 0 saturated heterocycles. The first-order chi connectivity index (χ1) is 7.02. The fraction of sp³-hybridized carbons (Fsp3) is 0.600. The van der Waals surface area contributed by atoms with Crippen LogP contribution >= 0.6 is 0 Å². The van der Waals surface area contributed by atoms with Gasteiger partial charge in [-0.2, -0.15) is 5.10 Å². The van der Waals surface area contributed by atoms with Gasteiger partial charge in [0.25, 0.3) is 0 Å². The highest BCUT2D eigenvalue weighted by Crippen LogP contribution is 2.05. The standard InChI is InChI=1S/C10H18N4O/c1-7(2)9(11)10(15)14(3)6-8-4-12-13-5-8/h4-5,7,9H,6,11H2,1-3H3,(H,12,13)/t9-/m1/s1. The molecule has 0 aromatic carbocycles. The molecule has 0 saturated carbocycles. The van der Waals surface area contributed by atoms with Crippen LogP contribution in [-0.4, -0.2) is 34.1 Å². The molecular weight excluding hydrogens is 192 g/mol. The topological polar surface area (TPSA) is 75.0 Å². The monoisotopic (exact) mass is 210 g/mol. The molecule has 1 aromatic rings. The third-order valence-corrected chi connectivity index (χ3v) is 2.35. The van der Waals surface area contributed by atoms with E-state index in [-0.39, 0.29) is 11.8 Å². The summed E-state index contributed by atoms with van der Waals surface area (Å²) < 4.78 is 0. The molecule has 0 bridgehead atoms. The van der Waals surface area contributed by atoms with E-state index in [4.69, 9.17) is 5.73 Å². The van der Waals surface area contributed by atoms with E-state index in [1.54, 1.807) is 24.3 Å². The summed E-state index contributed by atoms with van der Waals surface area (Å²) in [5.74, 6) is 0.121. The lowest BCUT2D eigenvalue weighted by atomic mass is 10.0. The van der Waals surface area contributed by atoms with Crippen molar-refractivity contribution in [2.45, 2.75) is 26.4 Å². The van der Waals surface area contributed by atoms with Gasteiger partial charge in [-0.25, -0.2) is 0 Å². The van der Waals surface area contributed by atoms with Crippen LogP contribution in [0.2, 0.25) is 0 Å². The van der Waals surface area contributed by atoms with E-state index in [1.807, 2.05) is 13.8 Å². The normalized spacial score (nSPS) is 12.9. The minimum Gasteiger partial charge on any atom is -0.340 e. The van der Waals surface area contributed by atoms with Gasteiger partial charge in [-0.1, -0.05) is 13.8 Å². The predicted octanol–water partition coefficient (Wildman–Crippen LogP) is 0.351. The summed E-state index contributed by atoms with van der Waals surface area (Å²) in [6.07, 6.45) is 3.47. The lowest BCUT2D eigenvalue weighted by molar-refractivity contribution is -0.132. The SMILES string of the molecule is CC(C)[C@@H](N)C(=O)N(C)Cc1cn[nH]c1. The average molecular weight is 210 g/mol. The van der Waals surface area contributed by atoms with Crippen LogP contribution in [0.4, 0.5) is 0 Å². The van der Waals surface area contributed by atoms with Gasteiger partial charge in [-0.05, 0) is 5.92 Å². The largest absolute Gasteiger partial charge is 0.340 e. The van der Waals surface area contributed by atoms with Crippen molar-refractivity contribution in [3.8, 4) is 0 Å². The third-order valence-electron chi connectivity index (χ3n) is 2.35. The fourth-order valence-corrected chi connectivity index (χ4v) is 1.26. The van der Waals surface area contributed by atoms with E-state index in [0.29, 0.717) is 6.54 Å². The molecule has 0 unspecified atom stereocenters. The number of rotatable bonds is 4. The van der Waals surface area contributed by atoms with Crippen molar-refractivity contribution in [1.82, 2.24) is 15.1 Å². The smallest absolute Gasteiger partial charge is 0.239 e. The van der Waals surface area contributed by atoms with Gasteiger partial charge in [0.05, 0.1) is 12.2 Å². The number of aromatic nitrogens is 2. The van der Waals surface area contributed by atoms with Gasteiger partial charge in [0, 0.05) is 25.4 Å². The minimum absolute atomic E-state index is 0.0359.